The van der Waals surface area contributed by atoms with Crippen LogP contribution in [0, 0.1) is 0 Å². The molecule has 0 bridgehead atoms. The Labute approximate surface area is 110 Å². The highest BCUT2D eigenvalue weighted by atomic mass is 16.5. The Balaban J connectivity index is 2.29. The number of hydrogen-bond acceptors (Lipinski definition) is 4. The van der Waals surface area contributed by atoms with Crippen molar-refractivity contribution < 1.29 is 14.3 Å². The van der Waals surface area contributed by atoms with Crippen molar-refractivity contribution in [1.82, 2.24) is 5.32 Å². The predicted molar refractivity (Wildman–Crippen MR) is 71.5 cm³/mol. The van der Waals surface area contributed by atoms with Gasteiger partial charge >= 0.3 is 5.97 Å². The second-order valence-electron chi connectivity index (χ2n) is 5.62. The summed E-state index contributed by atoms with van der Waals surface area (Å²) in [5.41, 5.74) is -0.534. The summed E-state index contributed by atoms with van der Waals surface area (Å²) >= 11 is 0. The standard InChI is InChI=1S/C14H27NO3/c1-11(2)18-10-6-5-9-14(3,13(16)17-4)15-12-7-8-12/h11-12,15H,5-10H2,1-4H3. The van der Waals surface area contributed by atoms with Crippen molar-refractivity contribution in [3.05, 3.63) is 0 Å². The summed E-state index contributed by atoms with van der Waals surface area (Å²) in [6, 6.07) is 0.501. The molecule has 1 saturated carbocycles. The third-order valence-corrected chi connectivity index (χ3v) is 3.26. The summed E-state index contributed by atoms with van der Waals surface area (Å²) in [6.07, 6.45) is 5.38. The molecule has 106 valence electrons. The number of nitrogens with one attached hydrogen (secondary N) is 1. The summed E-state index contributed by atoms with van der Waals surface area (Å²) < 4.78 is 10.4. The molecule has 4 heteroatoms. The van der Waals surface area contributed by atoms with Crippen LogP contribution in [0.4, 0.5) is 0 Å². The maximum atomic E-state index is 11.9. The zero-order valence-electron chi connectivity index (χ0n) is 12.1. The van der Waals surface area contributed by atoms with Crippen LogP contribution in [0.2, 0.25) is 0 Å². The largest absolute Gasteiger partial charge is 0.468 e. The molecule has 1 aliphatic carbocycles. The van der Waals surface area contributed by atoms with Crippen molar-refractivity contribution in [2.24, 2.45) is 0 Å². The number of esters is 1. The number of carbonyl (C=O) groups excluding carboxylic acids is 1. The minimum atomic E-state index is -0.534. The van der Waals surface area contributed by atoms with E-state index >= 15 is 0 Å². The van der Waals surface area contributed by atoms with Gasteiger partial charge in [-0.1, -0.05) is 0 Å². The highest BCUT2D eigenvalue weighted by molar-refractivity contribution is 5.80. The van der Waals surface area contributed by atoms with E-state index in [0.717, 1.165) is 25.9 Å². The number of hydrogen-bond donors (Lipinski definition) is 1. The van der Waals surface area contributed by atoms with Gasteiger partial charge in [0, 0.05) is 12.6 Å². The van der Waals surface area contributed by atoms with Crippen LogP contribution in [0.1, 0.15) is 52.9 Å². The Morgan fingerprint density at radius 3 is 2.56 bits per heavy atom. The molecular weight excluding hydrogens is 230 g/mol. The van der Waals surface area contributed by atoms with Gasteiger partial charge in [-0.25, -0.2) is 0 Å². The Morgan fingerprint density at radius 2 is 2.06 bits per heavy atom. The molecule has 0 aromatic heterocycles. The first-order chi connectivity index (χ1) is 8.48. The molecule has 0 spiro atoms. The van der Waals surface area contributed by atoms with Gasteiger partial charge in [0.05, 0.1) is 13.2 Å². The lowest BCUT2D eigenvalue weighted by Gasteiger charge is -2.28. The van der Waals surface area contributed by atoms with Gasteiger partial charge in [-0.05, 0) is 52.9 Å². The Bertz CT molecular complexity index is 264. The van der Waals surface area contributed by atoms with E-state index in [1.54, 1.807) is 0 Å². The zero-order chi connectivity index (χ0) is 13.6. The third-order valence-electron chi connectivity index (χ3n) is 3.26. The van der Waals surface area contributed by atoms with Crippen LogP contribution >= 0.6 is 0 Å². The van der Waals surface area contributed by atoms with Crippen molar-refractivity contribution in [2.45, 2.75) is 70.6 Å². The molecule has 1 N–H and O–H groups in total. The predicted octanol–water partition coefficient (Wildman–Crippen LogP) is 2.27. The molecule has 1 atom stereocenters. The van der Waals surface area contributed by atoms with E-state index in [9.17, 15) is 4.79 Å². The van der Waals surface area contributed by atoms with Crippen molar-refractivity contribution in [3.63, 3.8) is 0 Å². The number of methoxy groups -OCH3 is 1. The number of ether oxygens (including phenoxy) is 2. The Morgan fingerprint density at radius 1 is 1.39 bits per heavy atom. The summed E-state index contributed by atoms with van der Waals surface area (Å²) in [6.45, 7) is 6.78. The molecule has 1 rings (SSSR count). The minimum absolute atomic E-state index is 0.154. The van der Waals surface area contributed by atoms with Gasteiger partial charge < -0.3 is 9.47 Å². The second-order valence-corrected chi connectivity index (χ2v) is 5.62. The minimum Gasteiger partial charge on any atom is -0.468 e. The molecule has 0 aromatic carbocycles. The van der Waals surface area contributed by atoms with Gasteiger partial charge in [-0.15, -0.1) is 0 Å². The number of carbonyl (C=O) groups is 1. The molecule has 18 heavy (non-hydrogen) atoms. The third kappa shape index (κ3) is 5.36. The summed E-state index contributed by atoms with van der Waals surface area (Å²) in [4.78, 5) is 11.9. The quantitative estimate of drug-likeness (QED) is 0.508. The average Bonchev–Trinajstić information content (AvgIpc) is 3.10. The molecule has 0 aromatic rings. The second kappa shape index (κ2) is 7.10. The fraction of sp³-hybridized carbons (Fsp3) is 0.929. The van der Waals surface area contributed by atoms with E-state index in [0.29, 0.717) is 6.04 Å². The molecule has 0 heterocycles. The molecule has 0 amide bonds. The van der Waals surface area contributed by atoms with Crippen molar-refractivity contribution in [3.8, 4) is 0 Å². The van der Waals surface area contributed by atoms with Crippen molar-refractivity contribution >= 4 is 5.97 Å². The van der Waals surface area contributed by atoms with Crippen LogP contribution in [-0.4, -0.2) is 37.4 Å². The van der Waals surface area contributed by atoms with E-state index < -0.39 is 5.54 Å². The number of rotatable bonds is 9. The average molecular weight is 257 g/mol. The van der Waals surface area contributed by atoms with Gasteiger partial charge in [-0.3, -0.25) is 10.1 Å². The maximum absolute atomic E-state index is 11.9. The lowest BCUT2D eigenvalue weighted by molar-refractivity contribution is -0.148. The van der Waals surface area contributed by atoms with Gasteiger partial charge in [0.2, 0.25) is 0 Å². The molecule has 0 saturated heterocycles. The highest BCUT2D eigenvalue weighted by Gasteiger charge is 2.38. The van der Waals surface area contributed by atoms with E-state index in [4.69, 9.17) is 9.47 Å². The smallest absolute Gasteiger partial charge is 0.325 e. The SMILES string of the molecule is COC(=O)C(C)(CCCCOC(C)C)NC1CC1. The lowest BCUT2D eigenvalue weighted by Crippen LogP contribution is -2.51. The monoisotopic (exact) mass is 257 g/mol. The van der Waals surface area contributed by atoms with Crippen molar-refractivity contribution in [1.29, 1.82) is 0 Å². The fourth-order valence-corrected chi connectivity index (χ4v) is 2.04. The molecule has 1 unspecified atom stereocenters. The van der Waals surface area contributed by atoms with E-state index in [2.05, 4.69) is 5.32 Å². The molecule has 4 nitrogen and oxygen atoms in total. The van der Waals surface area contributed by atoms with Crippen LogP contribution < -0.4 is 5.32 Å². The normalized spacial score (nSPS) is 18.7. The zero-order valence-corrected chi connectivity index (χ0v) is 12.1. The van der Waals surface area contributed by atoms with E-state index in [1.807, 2.05) is 20.8 Å². The summed E-state index contributed by atoms with van der Waals surface area (Å²) in [5.74, 6) is -0.154. The molecule has 0 aliphatic heterocycles. The van der Waals surface area contributed by atoms with Crippen LogP contribution in [0.3, 0.4) is 0 Å². The highest BCUT2D eigenvalue weighted by Crippen LogP contribution is 2.26. The van der Waals surface area contributed by atoms with Crippen molar-refractivity contribution in [2.75, 3.05) is 13.7 Å². The van der Waals surface area contributed by atoms with Crippen LogP contribution in [-0.2, 0) is 14.3 Å². The lowest BCUT2D eigenvalue weighted by atomic mass is 9.94. The first kappa shape index (κ1) is 15.4. The molecule has 1 fully saturated rings. The van der Waals surface area contributed by atoms with Crippen LogP contribution in [0.15, 0.2) is 0 Å². The van der Waals surface area contributed by atoms with Crippen LogP contribution in [0.25, 0.3) is 0 Å². The van der Waals surface area contributed by atoms with Gasteiger partial charge in [0.25, 0.3) is 0 Å². The van der Waals surface area contributed by atoms with Gasteiger partial charge in [0.15, 0.2) is 0 Å². The van der Waals surface area contributed by atoms with Crippen LogP contribution in [0.5, 0.6) is 0 Å². The topological polar surface area (TPSA) is 47.6 Å². The first-order valence-electron chi connectivity index (χ1n) is 6.95. The van der Waals surface area contributed by atoms with Gasteiger partial charge in [0.1, 0.15) is 5.54 Å². The Kier molecular flexibility index (Phi) is 6.09. The molecular formula is C14H27NO3. The molecule has 1 aliphatic rings. The molecule has 0 radical (unpaired) electrons. The van der Waals surface area contributed by atoms with E-state index in [1.165, 1.54) is 20.0 Å². The number of unbranched alkanes of at least 4 members (excludes halogenated alkanes) is 1. The maximum Gasteiger partial charge on any atom is 0.325 e. The Hall–Kier alpha value is -0.610. The summed E-state index contributed by atoms with van der Waals surface area (Å²) in [5, 5.41) is 3.40. The van der Waals surface area contributed by atoms with Gasteiger partial charge in [-0.2, -0.15) is 0 Å². The fourth-order valence-electron chi connectivity index (χ4n) is 2.04. The summed E-state index contributed by atoms with van der Waals surface area (Å²) in [7, 11) is 1.46. The van der Waals surface area contributed by atoms with E-state index in [-0.39, 0.29) is 12.1 Å². The first-order valence-corrected chi connectivity index (χ1v) is 6.95.